The second-order valence-corrected chi connectivity index (χ2v) is 5.51. The van der Waals surface area contributed by atoms with Gasteiger partial charge >= 0.3 is 0 Å². The van der Waals surface area contributed by atoms with Crippen molar-refractivity contribution in [3.63, 3.8) is 0 Å². The predicted molar refractivity (Wildman–Crippen MR) is 81.2 cm³/mol. The van der Waals surface area contributed by atoms with Gasteiger partial charge in [0.2, 0.25) is 5.91 Å². The number of hydrogen-bond acceptors (Lipinski definition) is 3. The maximum absolute atomic E-state index is 12.3. The first kappa shape index (κ1) is 14.3. The zero-order chi connectivity index (χ0) is 15.7. The Labute approximate surface area is 128 Å². The van der Waals surface area contributed by atoms with Crippen molar-refractivity contribution in [2.45, 2.75) is 25.9 Å². The number of nitrogens with zero attached hydrogens (tertiary/aromatic N) is 2. The lowest BCUT2D eigenvalue weighted by Crippen LogP contribution is -2.50. The average Bonchev–Trinajstić information content (AvgIpc) is 2.82. The van der Waals surface area contributed by atoms with Gasteiger partial charge in [-0.3, -0.25) is 14.3 Å². The molecule has 1 aliphatic rings. The van der Waals surface area contributed by atoms with E-state index in [1.54, 1.807) is 10.7 Å². The van der Waals surface area contributed by atoms with Crippen molar-refractivity contribution in [3.05, 3.63) is 52.8 Å². The van der Waals surface area contributed by atoms with E-state index in [2.05, 4.69) is 15.7 Å². The van der Waals surface area contributed by atoms with Crippen LogP contribution in [0, 0.1) is 6.92 Å². The molecule has 1 aliphatic heterocycles. The van der Waals surface area contributed by atoms with E-state index in [1.807, 2.05) is 38.2 Å². The van der Waals surface area contributed by atoms with E-state index in [0.29, 0.717) is 18.5 Å². The van der Waals surface area contributed by atoms with Crippen LogP contribution in [0.3, 0.4) is 0 Å². The summed E-state index contributed by atoms with van der Waals surface area (Å²) in [4.78, 5) is 24.3. The fraction of sp³-hybridized carbons (Fsp3) is 0.312. The molecule has 0 fully saturated rings. The highest BCUT2D eigenvalue weighted by Crippen LogP contribution is 2.16. The highest BCUT2D eigenvalue weighted by molar-refractivity contribution is 6.00. The number of benzene rings is 1. The molecule has 3 rings (SSSR count). The molecule has 1 unspecified atom stereocenters. The molecule has 6 nitrogen and oxygen atoms in total. The normalized spacial score (nSPS) is 16.8. The first-order valence-electron chi connectivity index (χ1n) is 7.20. The van der Waals surface area contributed by atoms with Crippen molar-refractivity contribution in [2.75, 3.05) is 0 Å². The van der Waals surface area contributed by atoms with Gasteiger partial charge in [0.15, 0.2) is 0 Å². The van der Waals surface area contributed by atoms with Gasteiger partial charge in [0.05, 0.1) is 17.9 Å². The molecular weight excluding hydrogens is 280 g/mol. The highest BCUT2D eigenvalue weighted by atomic mass is 16.2. The molecule has 1 atom stereocenters. The summed E-state index contributed by atoms with van der Waals surface area (Å²) >= 11 is 0. The average molecular weight is 298 g/mol. The van der Waals surface area contributed by atoms with E-state index < -0.39 is 6.04 Å². The summed E-state index contributed by atoms with van der Waals surface area (Å²) in [5, 5.41) is 9.85. The van der Waals surface area contributed by atoms with Crippen LogP contribution in [0.15, 0.2) is 30.3 Å². The van der Waals surface area contributed by atoms with E-state index in [1.165, 1.54) is 0 Å². The van der Waals surface area contributed by atoms with Crippen LogP contribution in [-0.4, -0.2) is 27.6 Å². The van der Waals surface area contributed by atoms with E-state index in [4.69, 9.17) is 0 Å². The maximum Gasteiger partial charge on any atom is 0.252 e. The smallest absolute Gasteiger partial charge is 0.252 e. The Morgan fingerprint density at radius 1 is 1.45 bits per heavy atom. The lowest BCUT2D eigenvalue weighted by atomic mass is 9.95. The molecule has 0 spiro atoms. The molecular formula is C16H18N4O2. The molecule has 1 aromatic heterocycles. The van der Waals surface area contributed by atoms with Gasteiger partial charge in [-0.1, -0.05) is 18.2 Å². The fourth-order valence-electron chi connectivity index (χ4n) is 2.72. The summed E-state index contributed by atoms with van der Waals surface area (Å²) in [6, 6.07) is 8.76. The van der Waals surface area contributed by atoms with Crippen molar-refractivity contribution in [3.8, 4) is 0 Å². The SMILES string of the molecule is Cc1cc(CNC(=O)C2Cc3ccccc3C(=O)N2)n(C)n1. The summed E-state index contributed by atoms with van der Waals surface area (Å²) in [6.45, 7) is 2.30. The highest BCUT2D eigenvalue weighted by Gasteiger charge is 2.28. The number of amides is 2. The van der Waals surface area contributed by atoms with E-state index in [9.17, 15) is 9.59 Å². The second-order valence-electron chi connectivity index (χ2n) is 5.51. The van der Waals surface area contributed by atoms with Gasteiger partial charge < -0.3 is 10.6 Å². The zero-order valence-corrected chi connectivity index (χ0v) is 12.6. The van der Waals surface area contributed by atoms with Crippen LogP contribution in [0.25, 0.3) is 0 Å². The third-order valence-corrected chi connectivity index (χ3v) is 3.85. The fourth-order valence-corrected chi connectivity index (χ4v) is 2.72. The van der Waals surface area contributed by atoms with Crippen LogP contribution in [0.1, 0.15) is 27.3 Å². The van der Waals surface area contributed by atoms with Gasteiger partial charge in [-0.2, -0.15) is 5.10 Å². The molecule has 22 heavy (non-hydrogen) atoms. The molecule has 2 heterocycles. The van der Waals surface area contributed by atoms with E-state index in [0.717, 1.165) is 17.0 Å². The monoisotopic (exact) mass is 298 g/mol. The van der Waals surface area contributed by atoms with Gasteiger partial charge in [-0.25, -0.2) is 0 Å². The predicted octanol–water partition coefficient (Wildman–Crippen LogP) is 0.699. The largest absolute Gasteiger partial charge is 0.349 e. The van der Waals surface area contributed by atoms with Crippen LogP contribution < -0.4 is 10.6 Å². The van der Waals surface area contributed by atoms with Gasteiger partial charge in [0.25, 0.3) is 5.91 Å². The number of fused-ring (bicyclic) bond motifs is 1. The molecule has 0 radical (unpaired) electrons. The molecule has 1 aromatic carbocycles. The number of hydrogen-bond donors (Lipinski definition) is 2. The molecule has 114 valence electrons. The topological polar surface area (TPSA) is 76.0 Å². The van der Waals surface area contributed by atoms with Gasteiger partial charge in [-0.15, -0.1) is 0 Å². The first-order valence-corrected chi connectivity index (χ1v) is 7.20. The summed E-state index contributed by atoms with van der Waals surface area (Å²) in [6.07, 6.45) is 0.512. The van der Waals surface area contributed by atoms with Crippen molar-refractivity contribution < 1.29 is 9.59 Å². The Kier molecular flexibility index (Phi) is 3.66. The molecule has 6 heteroatoms. The number of carbonyl (C=O) groups excluding carboxylic acids is 2. The minimum atomic E-state index is -0.531. The van der Waals surface area contributed by atoms with Gasteiger partial charge in [0.1, 0.15) is 6.04 Å². The Balaban J connectivity index is 1.67. The Morgan fingerprint density at radius 3 is 2.95 bits per heavy atom. The summed E-state index contributed by atoms with van der Waals surface area (Å²) in [7, 11) is 1.84. The number of aryl methyl sites for hydroxylation is 2. The number of carbonyl (C=O) groups is 2. The van der Waals surface area contributed by atoms with Crippen molar-refractivity contribution in [1.82, 2.24) is 20.4 Å². The van der Waals surface area contributed by atoms with Crippen LogP contribution in [0.2, 0.25) is 0 Å². The standard InChI is InChI=1S/C16H18N4O2/c1-10-7-12(20(2)19-10)9-17-16(22)14-8-11-5-3-4-6-13(11)15(21)18-14/h3-7,14H,8-9H2,1-2H3,(H,17,22)(H,18,21). The van der Waals surface area contributed by atoms with Crippen LogP contribution in [0.4, 0.5) is 0 Å². The lowest BCUT2D eigenvalue weighted by molar-refractivity contribution is -0.123. The third kappa shape index (κ3) is 2.72. The summed E-state index contributed by atoms with van der Waals surface area (Å²) < 4.78 is 1.74. The number of nitrogens with one attached hydrogen (secondary N) is 2. The molecule has 2 amide bonds. The van der Waals surface area contributed by atoms with Gasteiger partial charge in [-0.05, 0) is 24.6 Å². The Bertz CT molecular complexity index is 735. The molecule has 0 saturated heterocycles. The van der Waals surface area contributed by atoms with Crippen molar-refractivity contribution in [1.29, 1.82) is 0 Å². The Hall–Kier alpha value is -2.63. The van der Waals surface area contributed by atoms with Crippen LogP contribution >= 0.6 is 0 Å². The quantitative estimate of drug-likeness (QED) is 0.876. The third-order valence-electron chi connectivity index (χ3n) is 3.85. The van der Waals surface area contributed by atoms with E-state index >= 15 is 0 Å². The van der Waals surface area contributed by atoms with Crippen LogP contribution in [-0.2, 0) is 24.8 Å². The number of rotatable bonds is 3. The molecule has 0 aliphatic carbocycles. The van der Waals surface area contributed by atoms with Crippen molar-refractivity contribution in [2.24, 2.45) is 7.05 Å². The van der Waals surface area contributed by atoms with E-state index in [-0.39, 0.29) is 11.8 Å². The lowest BCUT2D eigenvalue weighted by Gasteiger charge is -2.24. The summed E-state index contributed by atoms with van der Waals surface area (Å²) in [5.74, 6) is -0.375. The van der Waals surface area contributed by atoms with Crippen LogP contribution in [0.5, 0.6) is 0 Å². The second kappa shape index (κ2) is 5.63. The minimum absolute atomic E-state index is 0.179. The summed E-state index contributed by atoms with van der Waals surface area (Å²) in [5.41, 5.74) is 3.39. The molecule has 0 saturated carbocycles. The molecule has 2 aromatic rings. The minimum Gasteiger partial charge on any atom is -0.349 e. The maximum atomic E-state index is 12.3. The molecule has 0 bridgehead atoms. The molecule has 2 N–H and O–H groups in total. The van der Waals surface area contributed by atoms with Crippen molar-refractivity contribution >= 4 is 11.8 Å². The zero-order valence-electron chi connectivity index (χ0n) is 12.6. The van der Waals surface area contributed by atoms with Gasteiger partial charge in [0, 0.05) is 19.0 Å². The number of aromatic nitrogens is 2. The Morgan fingerprint density at radius 2 is 2.23 bits per heavy atom. The first-order chi connectivity index (χ1) is 10.5.